The van der Waals surface area contributed by atoms with Crippen LogP contribution in [0.5, 0.6) is 0 Å². The molecule has 0 aromatic rings. The molecule has 0 aromatic heterocycles. The van der Waals surface area contributed by atoms with Crippen molar-refractivity contribution in [2.75, 3.05) is 12.4 Å². The molecule has 0 heterocycles. The third-order valence-corrected chi connectivity index (χ3v) is 1.54. The summed E-state index contributed by atoms with van der Waals surface area (Å²) in [6.45, 7) is 4.42. The van der Waals surface area contributed by atoms with Gasteiger partial charge >= 0.3 is 30.4 Å². The number of ether oxygens (including phenoxy) is 2. The van der Waals surface area contributed by atoms with E-state index < -0.39 is 6.29 Å². The fourth-order valence-electron chi connectivity index (χ4n) is 0.650. The van der Waals surface area contributed by atoms with Gasteiger partial charge in [0.15, 0.2) is 6.29 Å². The molecule has 3 nitrogen and oxygen atoms in total. The number of carbonyl (C=O) groups excluding carboxylic acids is 1. The van der Waals surface area contributed by atoms with E-state index in [1.54, 1.807) is 6.92 Å². The van der Waals surface area contributed by atoms with Crippen molar-refractivity contribution >= 4 is 43.0 Å². The molecule has 1 unspecified atom stereocenters. The number of carbonyl (C=O) groups is 1. The number of hydrogen-bond acceptors (Lipinski definition) is 4. The Labute approximate surface area is 102 Å². The minimum atomic E-state index is -0.448. The van der Waals surface area contributed by atoms with E-state index in [1.165, 1.54) is 0 Å². The van der Waals surface area contributed by atoms with Gasteiger partial charge in [0.1, 0.15) is 0 Å². The zero-order valence-corrected chi connectivity index (χ0v) is 13.2. The molecule has 0 aliphatic rings. The maximum atomic E-state index is 10.7. The first-order valence-electron chi connectivity index (χ1n) is 4.12. The Morgan fingerprint density at radius 2 is 2.15 bits per heavy atom. The second-order valence-electron chi connectivity index (χ2n) is 2.44. The van der Waals surface area contributed by atoms with Gasteiger partial charge in [0.05, 0.1) is 12.4 Å². The molecule has 1 atom stereocenters. The van der Waals surface area contributed by atoms with Gasteiger partial charge in [-0.05, 0) is 13.3 Å². The fourth-order valence-corrected chi connectivity index (χ4v) is 0.725. The molecule has 0 amide bonds. The van der Waals surface area contributed by atoms with Gasteiger partial charge in [-0.2, -0.15) is 12.6 Å². The zero-order chi connectivity index (χ0) is 9.40. The molecule has 0 aliphatic carbocycles. The van der Waals surface area contributed by atoms with Crippen molar-refractivity contribution in [1.29, 1.82) is 0 Å². The summed E-state index contributed by atoms with van der Waals surface area (Å²) in [5.74, 6) is -0.246. The van der Waals surface area contributed by atoms with E-state index in [1.807, 2.05) is 0 Å². The van der Waals surface area contributed by atoms with E-state index in [9.17, 15) is 4.79 Å². The van der Waals surface area contributed by atoms with Crippen molar-refractivity contribution in [3.05, 3.63) is 0 Å². The number of hydrogen-bond donors (Lipinski definition) is 1. The van der Waals surface area contributed by atoms with Gasteiger partial charge in [-0.25, -0.2) is 0 Å². The molecule has 13 heavy (non-hydrogen) atoms. The van der Waals surface area contributed by atoms with Crippen molar-refractivity contribution in [2.45, 2.75) is 33.0 Å². The molecule has 0 rings (SSSR count). The second kappa shape index (κ2) is 10.7. The number of thiol groups is 1. The Bertz CT molecular complexity index is 133. The molecule has 0 saturated carbocycles. The molecular weight excluding hydrogens is 298 g/mol. The Balaban J connectivity index is 0. The third-order valence-electron chi connectivity index (χ3n) is 1.28. The molecule has 0 N–H and O–H groups in total. The number of rotatable bonds is 6. The molecule has 0 aliphatic heterocycles. The molecule has 0 bridgehead atoms. The standard InChI is InChI=1S/C8H16O3S.Sb.3H/c1-3-4-5-10-7(2)11-8(9)6-12;;;;/h7,12H,3-6H2,1-2H3;;;;. The van der Waals surface area contributed by atoms with Crippen molar-refractivity contribution in [3.63, 3.8) is 0 Å². The molecule has 0 spiro atoms. The van der Waals surface area contributed by atoms with Crippen molar-refractivity contribution in [2.24, 2.45) is 0 Å². The number of unbranched alkanes of at least 4 members (excludes halogenated alkanes) is 1. The van der Waals surface area contributed by atoms with Crippen LogP contribution in [0.1, 0.15) is 26.7 Å². The zero-order valence-electron chi connectivity index (χ0n) is 8.28. The molecule has 5 heteroatoms. The quantitative estimate of drug-likeness (QED) is 0.254. The minimum absolute atomic E-state index is 0. The first-order chi connectivity index (χ1) is 5.70. The van der Waals surface area contributed by atoms with Gasteiger partial charge in [-0.1, -0.05) is 13.3 Å². The predicted octanol–water partition coefficient (Wildman–Crippen LogP) is 0.438. The van der Waals surface area contributed by atoms with Crippen LogP contribution >= 0.6 is 12.6 Å². The van der Waals surface area contributed by atoms with Crippen molar-refractivity contribution in [3.8, 4) is 0 Å². The Morgan fingerprint density at radius 1 is 1.54 bits per heavy atom. The maximum absolute atomic E-state index is 10.7. The summed E-state index contributed by atoms with van der Waals surface area (Å²) in [5, 5.41) is 0. The van der Waals surface area contributed by atoms with E-state index in [2.05, 4.69) is 19.6 Å². The van der Waals surface area contributed by atoms with E-state index in [4.69, 9.17) is 9.47 Å². The predicted molar refractivity (Wildman–Crippen MR) is 60.2 cm³/mol. The van der Waals surface area contributed by atoms with Crippen LogP contribution in [0.25, 0.3) is 0 Å². The third kappa shape index (κ3) is 10.5. The van der Waals surface area contributed by atoms with Gasteiger partial charge in [-0.3, -0.25) is 4.79 Å². The molecule has 80 valence electrons. The molecule has 0 aromatic carbocycles. The topological polar surface area (TPSA) is 35.5 Å². The molecule has 0 saturated heterocycles. The van der Waals surface area contributed by atoms with Crippen molar-refractivity contribution < 1.29 is 14.3 Å². The summed E-state index contributed by atoms with van der Waals surface area (Å²) in [5.41, 5.74) is 0. The van der Waals surface area contributed by atoms with E-state index in [0.717, 1.165) is 12.8 Å². The number of esters is 1. The summed E-state index contributed by atoms with van der Waals surface area (Å²) >= 11 is 3.77. The molecular formula is C8H19O3SSb. The van der Waals surface area contributed by atoms with Crippen LogP contribution in [-0.2, 0) is 14.3 Å². The van der Waals surface area contributed by atoms with Crippen molar-refractivity contribution in [1.82, 2.24) is 0 Å². The Morgan fingerprint density at radius 3 is 2.62 bits per heavy atom. The monoisotopic (exact) mass is 316 g/mol. The fraction of sp³-hybridized carbons (Fsp3) is 0.875. The first kappa shape index (κ1) is 16.0. The molecule has 0 radical (unpaired) electrons. The molecule has 0 fully saturated rings. The van der Waals surface area contributed by atoms with Crippen LogP contribution in [-0.4, -0.2) is 49.0 Å². The summed E-state index contributed by atoms with van der Waals surface area (Å²) in [6, 6.07) is 0. The van der Waals surface area contributed by atoms with Gasteiger partial charge in [0, 0.05) is 0 Å². The van der Waals surface area contributed by atoms with Crippen LogP contribution in [0.4, 0.5) is 0 Å². The van der Waals surface area contributed by atoms with E-state index in [0.29, 0.717) is 6.61 Å². The summed E-state index contributed by atoms with van der Waals surface area (Å²) in [4.78, 5) is 10.7. The van der Waals surface area contributed by atoms with Crippen LogP contribution in [0.15, 0.2) is 0 Å². The van der Waals surface area contributed by atoms with Gasteiger partial charge in [0.25, 0.3) is 0 Å². The van der Waals surface area contributed by atoms with Gasteiger partial charge < -0.3 is 9.47 Å². The van der Waals surface area contributed by atoms with E-state index >= 15 is 0 Å². The first-order valence-corrected chi connectivity index (χ1v) is 4.76. The summed E-state index contributed by atoms with van der Waals surface area (Å²) in [7, 11) is 0. The average molecular weight is 317 g/mol. The van der Waals surface area contributed by atoms with Crippen LogP contribution in [0.3, 0.4) is 0 Å². The van der Waals surface area contributed by atoms with Gasteiger partial charge in [0.2, 0.25) is 0 Å². The summed E-state index contributed by atoms with van der Waals surface area (Å²) in [6.07, 6.45) is 1.62. The average Bonchev–Trinajstić information content (AvgIpc) is 2.05. The second-order valence-corrected chi connectivity index (χ2v) is 2.76. The van der Waals surface area contributed by atoms with Crippen LogP contribution in [0.2, 0.25) is 0 Å². The van der Waals surface area contributed by atoms with Gasteiger partial charge in [-0.15, -0.1) is 0 Å². The Kier molecular flexibility index (Phi) is 13.2. The summed E-state index contributed by atoms with van der Waals surface area (Å²) < 4.78 is 9.99. The van der Waals surface area contributed by atoms with E-state index in [-0.39, 0.29) is 36.2 Å². The van der Waals surface area contributed by atoms with Crippen LogP contribution < -0.4 is 0 Å². The normalized spacial score (nSPS) is 11.6. The van der Waals surface area contributed by atoms with Crippen LogP contribution in [0, 0.1) is 0 Å². The SMILES string of the molecule is CCCCOC(C)OC(=O)CS.[SbH3]. The Hall–Kier alpha value is 0.598.